The van der Waals surface area contributed by atoms with Crippen molar-refractivity contribution in [1.82, 2.24) is 4.98 Å². The Morgan fingerprint density at radius 2 is 1.94 bits per heavy atom. The van der Waals surface area contributed by atoms with E-state index in [0.717, 1.165) is 21.7 Å². The second kappa shape index (κ2) is 9.06. The third kappa shape index (κ3) is 4.11. The molecule has 0 unspecified atom stereocenters. The molecule has 0 spiro atoms. The number of halogens is 2. The average molecular weight is 510 g/mol. The zero-order valence-electron chi connectivity index (χ0n) is 17.8. The van der Waals surface area contributed by atoms with E-state index in [1.54, 1.807) is 41.7 Å². The fourth-order valence-electron chi connectivity index (χ4n) is 3.60. The first-order valence-corrected chi connectivity index (χ1v) is 12.2. The van der Waals surface area contributed by atoms with Crippen LogP contribution in [0.4, 0.5) is 15.8 Å². The molecule has 170 valence electrons. The molecule has 5 nitrogen and oxygen atoms in total. The topological polar surface area (TPSA) is 77.2 Å². The van der Waals surface area contributed by atoms with Gasteiger partial charge < -0.3 is 15.8 Å². The van der Waals surface area contributed by atoms with Gasteiger partial charge in [0, 0.05) is 11.5 Å². The number of benzene rings is 2. The van der Waals surface area contributed by atoms with Crippen LogP contribution in [-0.2, 0) is 0 Å². The summed E-state index contributed by atoms with van der Waals surface area (Å²) in [5.41, 5.74) is 9.53. The van der Waals surface area contributed by atoms with Gasteiger partial charge in [-0.05, 0) is 52.9 Å². The number of amides is 1. The number of fused-ring (bicyclic) bond motifs is 1. The molecule has 1 amide bonds. The summed E-state index contributed by atoms with van der Waals surface area (Å²) in [7, 11) is 1.53. The number of hydrogen-bond donors (Lipinski definition) is 2. The first kappa shape index (κ1) is 22.3. The number of nitrogen functional groups attached to an aromatic ring is 1. The standard InChI is InChI=1S/C25H17ClFN3O2S2/c1-32-15-8-9-17(26)18(11-15)29-24(31)23-22(28)21-16(13-4-6-14(27)7-5-13)12-19(30-25(21)34-23)20-3-2-10-33-20/h2-12H,28H2,1H3,(H,29,31). The molecular weight excluding hydrogens is 493 g/mol. The smallest absolute Gasteiger partial charge is 0.267 e. The van der Waals surface area contributed by atoms with Gasteiger partial charge in [-0.1, -0.05) is 29.8 Å². The van der Waals surface area contributed by atoms with Crippen molar-refractivity contribution in [3.8, 4) is 27.4 Å². The van der Waals surface area contributed by atoms with Crippen LogP contribution in [0.2, 0.25) is 5.02 Å². The molecule has 2 aromatic carbocycles. The van der Waals surface area contributed by atoms with Gasteiger partial charge in [0.1, 0.15) is 21.3 Å². The van der Waals surface area contributed by atoms with Gasteiger partial charge in [-0.3, -0.25) is 4.79 Å². The largest absolute Gasteiger partial charge is 0.497 e. The van der Waals surface area contributed by atoms with E-state index in [1.165, 1.54) is 30.6 Å². The number of carbonyl (C=O) groups is 1. The van der Waals surface area contributed by atoms with Crippen molar-refractivity contribution in [3.63, 3.8) is 0 Å². The van der Waals surface area contributed by atoms with Gasteiger partial charge in [0.2, 0.25) is 0 Å². The monoisotopic (exact) mass is 509 g/mol. The van der Waals surface area contributed by atoms with Gasteiger partial charge in [-0.15, -0.1) is 22.7 Å². The van der Waals surface area contributed by atoms with Crippen LogP contribution in [0.15, 0.2) is 66.0 Å². The molecule has 5 rings (SSSR count). The summed E-state index contributed by atoms with van der Waals surface area (Å²) in [6.45, 7) is 0. The maximum atomic E-state index is 13.6. The molecule has 9 heteroatoms. The predicted molar refractivity (Wildman–Crippen MR) is 139 cm³/mol. The minimum atomic E-state index is -0.404. The normalized spacial score (nSPS) is 11.0. The summed E-state index contributed by atoms with van der Waals surface area (Å²) in [5.74, 6) is -0.177. The van der Waals surface area contributed by atoms with Crippen molar-refractivity contribution in [2.75, 3.05) is 18.2 Å². The molecule has 3 N–H and O–H groups in total. The van der Waals surface area contributed by atoms with Gasteiger partial charge in [0.05, 0.1) is 34.1 Å². The van der Waals surface area contributed by atoms with E-state index in [1.807, 2.05) is 23.6 Å². The molecule has 5 aromatic rings. The summed E-state index contributed by atoms with van der Waals surface area (Å²) >= 11 is 9.02. The van der Waals surface area contributed by atoms with Crippen molar-refractivity contribution in [2.24, 2.45) is 0 Å². The maximum Gasteiger partial charge on any atom is 0.267 e. The fourth-order valence-corrected chi connectivity index (χ4v) is 5.47. The molecule has 0 bridgehead atoms. The lowest BCUT2D eigenvalue weighted by Gasteiger charge is -2.09. The number of aromatic nitrogens is 1. The lowest BCUT2D eigenvalue weighted by atomic mass is 10.0. The van der Waals surface area contributed by atoms with Crippen molar-refractivity contribution < 1.29 is 13.9 Å². The van der Waals surface area contributed by atoms with Gasteiger partial charge in [-0.25, -0.2) is 9.37 Å². The number of rotatable bonds is 5. The van der Waals surface area contributed by atoms with Crippen LogP contribution < -0.4 is 15.8 Å². The number of nitrogens with two attached hydrogens (primary N) is 1. The van der Waals surface area contributed by atoms with Gasteiger partial charge in [0.15, 0.2) is 0 Å². The molecule has 0 fully saturated rings. The Morgan fingerprint density at radius 1 is 1.15 bits per heavy atom. The molecule has 0 saturated carbocycles. The second-order valence-corrected chi connectivity index (χ2v) is 9.72. The minimum absolute atomic E-state index is 0.307. The SMILES string of the molecule is COc1ccc(Cl)c(NC(=O)c2sc3nc(-c4cccs4)cc(-c4ccc(F)cc4)c3c2N)c1. The molecular formula is C25H17ClFN3O2S2. The summed E-state index contributed by atoms with van der Waals surface area (Å²) in [6, 6.07) is 17.0. The molecule has 0 aliphatic rings. The van der Waals surface area contributed by atoms with Crippen LogP contribution in [-0.4, -0.2) is 18.0 Å². The third-order valence-corrected chi connectivity index (χ3v) is 7.58. The van der Waals surface area contributed by atoms with Crippen LogP contribution in [0, 0.1) is 5.82 Å². The first-order valence-electron chi connectivity index (χ1n) is 10.1. The van der Waals surface area contributed by atoms with Gasteiger partial charge in [-0.2, -0.15) is 0 Å². The highest BCUT2D eigenvalue weighted by atomic mass is 35.5. The molecule has 3 aromatic heterocycles. The lowest BCUT2D eigenvalue weighted by molar-refractivity contribution is 0.103. The molecule has 0 saturated heterocycles. The van der Waals surface area contributed by atoms with Crippen molar-refractivity contribution >= 4 is 61.8 Å². The number of ether oxygens (including phenoxy) is 1. The number of pyridine rings is 1. The number of thiophene rings is 2. The number of methoxy groups -OCH3 is 1. The third-order valence-electron chi connectivity index (χ3n) is 5.26. The summed E-state index contributed by atoms with van der Waals surface area (Å²) < 4.78 is 18.8. The molecule has 0 aliphatic heterocycles. The lowest BCUT2D eigenvalue weighted by Crippen LogP contribution is -2.12. The number of hydrogen-bond acceptors (Lipinski definition) is 6. The number of carbonyl (C=O) groups excluding carboxylic acids is 1. The van der Waals surface area contributed by atoms with Crippen LogP contribution in [0.25, 0.3) is 31.9 Å². The van der Waals surface area contributed by atoms with E-state index in [4.69, 9.17) is 27.1 Å². The molecule has 34 heavy (non-hydrogen) atoms. The average Bonchev–Trinajstić information content (AvgIpc) is 3.49. The Hall–Kier alpha value is -3.46. The van der Waals surface area contributed by atoms with E-state index in [-0.39, 0.29) is 5.82 Å². The zero-order chi connectivity index (χ0) is 23.8. The van der Waals surface area contributed by atoms with Crippen LogP contribution in [0.5, 0.6) is 5.75 Å². The minimum Gasteiger partial charge on any atom is -0.497 e. The van der Waals surface area contributed by atoms with Crippen molar-refractivity contribution in [3.05, 3.63) is 81.8 Å². The Morgan fingerprint density at radius 3 is 2.65 bits per heavy atom. The van der Waals surface area contributed by atoms with Crippen LogP contribution in [0.3, 0.4) is 0 Å². The quantitative estimate of drug-likeness (QED) is 0.260. The summed E-state index contributed by atoms with van der Waals surface area (Å²) in [5, 5.41) is 5.81. The van der Waals surface area contributed by atoms with Crippen LogP contribution >= 0.6 is 34.3 Å². The number of nitrogens with zero attached hydrogens (tertiary/aromatic N) is 1. The molecule has 0 radical (unpaired) electrons. The highest BCUT2D eigenvalue weighted by molar-refractivity contribution is 7.21. The Kier molecular flexibility index (Phi) is 5.95. The molecule has 0 atom stereocenters. The molecule has 0 aliphatic carbocycles. The van der Waals surface area contributed by atoms with Crippen LogP contribution in [0.1, 0.15) is 9.67 Å². The van der Waals surface area contributed by atoms with E-state index in [0.29, 0.717) is 37.2 Å². The summed E-state index contributed by atoms with van der Waals surface area (Å²) in [6.07, 6.45) is 0. The summed E-state index contributed by atoms with van der Waals surface area (Å²) in [4.78, 5) is 19.9. The van der Waals surface area contributed by atoms with E-state index in [9.17, 15) is 9.18 Å². The number of nitrogens with one attached hydrogen (secondary N) is 1. The first-order chi connectivity index (χ1) is 16.4. The molecule has 3 heterocycles. The highest BCUT2D eigenvalue weighted by Gasteiger charge is 2.22. The van der Waals surface area contributed by atoms with Crippen molar-refractivity contribution in [2.45, 2.75) is 0 Å². The Bertz CT molecular complexity index is 1520. The van der Waals surface area contributed by atoms with E-state index < -0.39 is 5.91 Å². The predicted octanol–water partition coefficient (Wildman–Crippen LogP) is 7.33. The highest BCUT2D eigenvalue weighted by Crippen LogP contribution is 2.42. The second-order valence-electron chi connectivity index (χ2n) is 7.36. The Balaban J connectivity index is 1.65. The maximum absolute atomic E-state index is 13.6. The van der Waals surface area contributed by atoms with E-state index >= 15 is 0 Å². The van der Waals surface area contributed by atoms with E-state index in [2.05, 4.69) is 5.32 Å². The fraction of sp³-hybridized carbons (Fsp3) is 0.0400. The number of anilines is 2. The Labute approximate surface area is 207 Å². The zero-order valence-corrected chi connectivity index (χ0v) is 20.2. The van der Waals surface area contributed by atoms with Gasteiger partial charge in [0.25, 0.3) is 5.91 Å². The van der Waals surface area contributed by atoms with Gasteiger partial charge >= 0.3 is 0 Å². The van der Waals surface area contributed by atoms with Crippen molar-refractivity contribution in [1.29, 1.82) is 0 Å².